The predicted molar refractivity (Wildman–Crippen MR) is 56.9 cm³/mol. The molecule has 0 fully saturated rings. The van der Waals surface area contributed by atoms with Crippen LogP contribution < -0.4 is 5.73 Å². The van der Waals surface area contributed by atoms with Gasteiger partial charge in [-0.3, -0.25) is 4.79 Å². The molecule has 16 heavy (non-hydrogen) atoms. The van der Waals surface area contributed by atoms with Gasteiger partial charge in [0.2, 0.25) is 0 Å². The average molecular weight is 227 g/mol. The first-order chi connectivity index (χ1) is 7.45. The van der Waals surface area contributed by atoms with Gasteiger partial charge in [-0.15, -0.1) is 0 Å². The van der Waals surface area contributed by atoms with Crippen molar-refractivity contribution in [3.05, 3.63) is 29.1 Å². The lowest BCUT2D eigenvalue weighted by Crippen LogP contribution is -2.17. The van der Waals surface area contributed by atoms with Crippen molar-refractivity contribution in [1.29, 1.82) is 0 Å². The molecule has 1 unspecified atom stereocenters. The van der Waals surface area contributed by atoms with Crippen molar-refractivity contribution < 1.29 is 19.4 Å². The van der Waals surface area contributed by atoms with E-state index in [2.05, 4.69) is 0 Å². The number of hydrogen-bond acceptors (Lipinski definition) is 3. The molecular formula is C11H14FNO3. The van der Waals surface area contributed by atoms with E-state index in [0.29, 0.717) is 11.1 Å². The van der Waals surface area contributed by atoms with Crippen LogP contribution in [-0.4, -0.2) is 22.7 Å². The molecule has 0 aromatic heterocycles. The zero-order valence-electron chi connectivity index (χ0n) is 8.90. The molecule has 0 saturated carbocycles. The van der Waals surface area contributed by atoms with Gasteiger partial charge in [-0.25, -0.2) is 4.39 Å². The van der Waals surface area contributed by atoms with Crippen LogP contribution in [0.2, 0.25) is 0 Å². The third kappa shape index (κ3) is 2.70. The zero-order valence-corrected chi connectivity index (χ0v) is 8.90. The summed E-state index contributed by atoms with van der Waals surface area (Å²) in [5, 5.41) is 17.8. The van der Waals surface area contributed by atoms with Gasteiger partial charge in [0.15, 0.2) is 11.6 Å². The highest BCUT2D eigenvalue weighted by atomic mass is 19.1. The molecule has 0 amide bonds. The maximum Gasteiger partial charge on any atom is 0.304 e. The summed E-state index contributed by atoms with van der Waals surface area (Å²) in [6.07, 6.45) is -0.151. The van der Waals surface area contributed by atoms with Crippen molar-refractivity contribution in [2.45, 2.75) is 19.3 Å². The minimum absolute atomic E-state index is 0.122. The highest BCUT2D eigenvalue weighted by Crippen LogP contribution is 2.27. The summed E-state index contributed by atoms with van der Waals surface area (Å²) in [4.78, 5) is 10.6. The van der Waals surface area contributed by atoms with Crippen LogP contribution >= 0.6 is 0 Å². The van der Waals surface area contributed by atoms with Gasteiger partial charge in [0.05, 0.1) is 6.42 Å². The van der Waals surface area contributed by atoms with E-state index < -0.39 is 23.5 Å². The van der Waals surface area contributed by atoms with Crippen LogP contribution in [0.5, 0.6) is 5.75 Å². The van der Waals surface area contributed by atoms with Gasteiger partial charge in [-0.1, -0.05) is 0 Å². The number of nitrogens with two attached hydrogens (primary N) is 1. The van der Waals surface area contributed by atoms with Crippen LogP contribution in [0.25, 0.3) is 0 Å². The Morgan fingerprint density at radius 3 is 2.69 bits per heavy atom. The maximum atomic E-state index is 13.2. The topological polar surface area (TPSA) is 83.5 Å². The second-order valence-electron chi connectivity index (χ2n) is 3.69. The fourth-order valence-corrected chi connectivity index (χ4v) is 1.65. The van der Waals surface area contributed by atoms with Crippen molar-refractivity contribution in [2.75, 3.05) is 6.54 Å². The van der Waals surface area contributed by atoms with Gasteiger partial charge >= 0.3 is 5.97 Å². The third-order valence-corrected chi connectivity index (χ3v) is 2.48. The van der Waals surface area contributed by atoms with Crippen molar-refractivity contribution in [2.24, 2.45) is 5.73 Å². The number of carbonyl (C=O) groups is 1. The summed E-state index contributed by atoms with van der Waals surface area (Å²) in [6.45, 7) is 1.80. The van der Waals surface area contributed by atoms with Gasteiger partial charge in [0, 0.05) is 5.92 Å². The highest BCUT2D eigenvalue weighted by molar-refractivity contribution is 5.68. The van der Waals surface area contributed by atoms with E-state index in [1.165, 1.54) is 6.07 Å². The Hall–Kier alpha value is -1.62. The molecule has 0 saturated heterocycles. The third-order valence-electron chi connectivity index (χ3n) is 2.48. The maximum absolute atomic E-state index is 13.2. The Labute approximate surface area is 92.5 Å². The standard InChI is InChI=1S/C11H14FNO3/c1-6-2-10(14)9(12)4-8(6)7(5-13)3-11(15)16/h2,4,7,14H,3,5,13H2,1H3,(H,15,16). The number of rotatable bonds is 4. The monoisotopic (exact) mass is 227 g/mol. The van der Waals surface area contributed by atoms with Crippen molar-refractivity contribution in [3.8, 4) is 5.75 Å². The predicted octanol–water partition coefficient (Wildman–Crippen LogP) is 1.36. The number of benzene rings is 1. The quantitative estimate of drug-likeness (QED) is 0.725. The first-order valence-electron chi connectivity index (χ1n) is 4.86. The lowest BCUT2D eigenvalue weighted by Gasteiger charge is -2.16. The number of aliphatic carboxylic acids is 1. The molecule has 1 aromatic rings. The number of carboxylic acids is 1. The normalized spacial score (nSPS) is 12.4. The fraction of sp³-hybridized carbons (Fsp3) is 0.364. The molecule has 0 heterocycles. The summed E-state index contributed by atoms with van der Waals surface area (Å²) in [5.41, 5.74) is 6.62. The number of halogens is 1. The van der Waals surface area contributed by atoms with E-state index in [-0.39, 0.29) is 13.0 Å². The number of aromatic hydroxyl groups is 1. The lowest BCUT2D eigenvalue weighted by atomic mass is 9.92. The summed E-state index contributed by atoms with van der Waals surface area (Å²) < 4.78 is 13.2. The molecular weight excluding hydrogens is 213 g/mol. The molecule has 5 heteroatoms. The van der Waals surface area contributed by atoms with E-state index in [1.807, 2.05) is 0 Å². The molecule has 0 aliphatic heterocycles. The number of phenols is 1. The van der Waals surface area contributed by atoms with E-state index in [1.54, 1.807) is 6.92 Å². The van der Waals surface area contributed by atoms with Crippen LogP contribution in [0, 0.1) is 12.7 Å². The Bertz CT molecular complexity index is 406. The Morgan fingerprint density at radius 1 is 1.56 bits per heavy atom. The van der Waals surface area contributed by atoms with E-state index in [9.17, 15) is 9.18 Å². The second-order valence-corrected chi connectivity index (χ2v) is 3.69. The molecule has 1 atom stereocenters. The van der Waals surface area contributed by atoms with Gasteiger partial charge < -0.3 is 15.9 Å². The number of carboxylic acid groups (broad SMARTS) is 1. The minimum Gasteiger partial charge on any atom is -0.505 e. The average Bonchev–Trinajstić information content (AvgIpc) is 2.20. The van der Waals surface area contributed by atoms with Crippen LogP contribution in [0.15, 0.2) is 12.1 Å². The summed E-state index contributed by atoms with van der Waals surface area (Å²) in [5.74, 6) is -2.62. The highest BCUT2D eigenvalue weighted by Gasteiger charge is 2.18. The van der Waals surface area contributed by atoms with Gasteiger partial charge in [-0.2, -0.15) is 0 Å². The van der Waals surface area contributed by atoms with Crippen LogP contribution in [0.3, 0.4) is 0 Å². The van der Waals surface area contributed by atoms with Gasteiger partial charge in [0.25, 0.3) is 0 Å². The van der Waals surface area contributed by atoms with Gasteiger partial charge in [-0.05, 0) is 36.7 Å². The van der Waals surface area contributed by atoms with Crippen LogP contribution in [0.4, 0.5) is 4.39 Å². The van der Waals surface area contributed by atoms with Crippen LogP contribution in [0.1, 0.15) is 23.5 Å². The van der Waals surface area contributed by atoms with Crippen LogP contribution in [-0.2, 0) is 4.79 Å². The van der Waals surface area contributed by atoms with Gasteiger partial charge in [0.1, 0.15) is 0 Å². The number of hydrogen-bond donors (Lipinski definition) is 3. The molecule has 4 nitrogen and oxygen atoms in total. The molecule has 0 aliphatic rings. The summed E-state index contributed by atoms with van der Waals surface area (Å²) in [7, 11) is 0. The number of phenolic OH excluding ortho intramolecular Hbond substituents is 1. The Morgan fingerprint density at radius 2 is 2.19 bits per heavy atom. The van der Waals surface area contributed by atoms with Crippen molar-refractivity contribution >= 4 is 5.97 Å². The summed E-state index contributed by atoms with van der Waals surface area (Å²) >= 11 is 0. The molecule has 0 aliphatic carbocycles. The second kappa shape index (κ2) is 4.94. The molecule has 1 aromatic carbocycles. The summed E-state index contributed by atoms with van der Waals surface area (Å²) in [6, 6.07) is 2.42. The molecule has 0 spiro atoms. The molecule has 4 N–H and O–H groups in total. The lowest BCUT2D eigenvalue weighted by molar-refractivity contribution is -0.137. The molecule has 0 radical (unpaired) electrons. The zero-order chi connectivity index (χ0) is 12.3. The molecule has 1 rings (SSSR count). The smallest absolute Gasteiger partial charge is 0.304 e. The van der Waals surface area contributed by atoms with Crippen molar-refractivity contribution in [1.82, 2.24) is 0 Å². The Balaban J connectivity index is 3.09. The minimum atomic E-state index is -0.983. The van der Waals surface area contributed by atoms with Crippen molar-refractivity contribution in [3.63, 3.8) is 0 Å². The fourth-order valence-electron chi connectivity index (χ4n) is 1.65. The first kappa shape index (κ1) is 12.4. The SMILES string of the molecule is Cc1cc(O)c(F)cc1C(CN)CC(=O)O. The van der Waals surface area contributed by atoms with E-state index in [0.717, 1.165) is 6.07 Å². The molecule has 0 bridgehead atoms. The first-order valence-corrected chi connectivity index (χ1v) is 4.86. The van der Waals surface area contributed by atoms with E-state index in [4.69, 9.17) is 15.9 Å². The number of aryl methyl sites for hydroxylation is 1. The Kier molecular flexibility index (Phi) is 3.84. The van der Waals surface area contributed by atoms with E-state index >= 15 is 0 Å². The molecule has 88 valence electrons. The largest absolute Gasteiger partial charge is 0.505 e.